The average molecular weight is 253 g/mol. The number of methoxy groups -OCH3 is 1. The quantitative estimate of drug-likeness (QED) is 0.786. The number of aliphatic hydroxyl groups is 2. The van der Waals surface area contributed by atoms with Gasteiger partial charge in [-0.15, -0.1) is 0 Å². The average Bonchev–Trinajstić information content (AvgIpc) is 2.33. The van der Waals surface area contributed by atoms with Crippen molar-refractivity contribution in [3.63, 3.8) is 0 Å². The number of anilines is 1. The van der Waals surface area contributed by atoms with Crippen molar-refractivity contribution in [1.29, 1.82) is 0 Å². The molecular weight excluding hydrogens is 234 g/mol. The minimum absolute atomic E-state index is 0.371. The molecule has 1 aliphatic rings. The van der Waals surface area contributed by atoms with E-state index in [-0.39, 0.29) is 0 Å². The van der Waals surface area contributed by atoms with Crippen LogP contribution in [0.2, 0.25) is 0 Å². The lowest BCUT2D eigenvalue weighted by molar-refractivity contribution is -0.0722. The molecule has 18 heavy (non-hydrogen) atoms. The maximum atomic E-state index is 9.92. The first-order valence-corrected chi connectivity index (χ1v) is 5.98. The second-order valence-electron chi connectivity index (χ2n) is 4.87. The molecule has 1 aromatic heterocycles. The minimum atomic E-state index is -1.01. The van der Waals surface area contributed by atoms with Gasteiger partial charge in [0.1, 0.15) is 12.1 Å². The van der Waals surface area contributed by atoms with E-state index in [4.69, 9.17) is 4.74 Å². The van der Waals surface area contributed by atoms with Crippen molar-refractivity contribution in [2.24, 2.45) is 0 Å². The lowest BCUT2D eigenvalue weighted by Gasteiger charge is -2.40. The summed E-state index contributed by atoms with van der Waals surface area (Å²) in [6, 6.07) is 1.84. The molecule has 6 nitrogen and oxygen atoms in total. The van der Waals surface area contributed by atoms with Gasteiger partial charge in [-0.25, -0.2) is 9.97 Å². The third kappa shape index (κ3) is 2.77. The molecule has 100 valence electrons. The standard InChI is InChI=1S/C12H19N3O3/c1-12(17)3-4-15(6-10(12)16)11-5-9(7-18-2)13-8-14-11/h5,8,10,16-17H,3-4,6-7H2,1-2H3/t10-,12+/m0/s1. The van der Waals surface area contributed by atoms with Crippen LogP contribution >= 0.6 is 0 Å². The molecule has 2 heterocycles. The molecule has 1 aromatic rings. The van der Waals surface area contributed by atoms with Crippen molar-refractivity contribution < 1.29 is 14.9 Å². The first-order chi connectivity index (χ1) is 8.53. The van der Waals surface area contributed by atoms with E-state index in [0.29, 0.717) is 26.1 Å². The first-order valence-electron chi connectivity index (χ1n) is 5.98. The van der Waals surface area contributed by atoms with Gasteiger partial charge in [-0.3, -0.25) is 0 Å². The second-order valence-corrected chi connectivity index (χ2v) is 4.87. The minimum Gasteiger partial charge on any atom is -0.388 e. The van der Waals surface area contributed by atoms with Crippen LogP contribution in [0.1, 0.15) is 19.0 Å². The van der Waals surface area contributed by atoms with Crippen LogP contribution in [0.4, 0.5) is 5.82 Å². The van der Waals surface area contributed by atoms with E-state index in [1.54, 1.807) is 14.0 Å². The number of hydrogen-bond donors (Lipinski definition) is 2. The van der Waals surface area contributed by atoms with Crippen molar-refractivity contribution in [2.75, 3.05) is 25.1 Å². The Morgan fingerprint density at radius 1 is 1.56 bits per heavy atom. The molecule has 0 bridgehead atoms. The number of nitrogens with zero attached hydrogens (tertiary/aromatic N) is 3. The highest BCUT2D eigenvalue weighted by molar-refractivity contribution is 5.40. The van der Waals surface area contributed by atoms with E-state index < -0.39 is 11.7 Å². The van der Waals surface area contributed by atoms with Gasteiger partial charge in [-0.2, -0.15) is 0 Å². The molecule has 2 N–H and O–H groups in total. The van der Waals surface area contributed by atoms with Gasteiger partial charge in [0.15, 0.2) is 0 Å². The summed E-state index contributed by atoms with van der Waals surface area (Å²) >= 11 is 0. The Bertz CT molecular complexity index is 411. The number of rotatable bonds is 3. The van der Waals surface area contributed by atoms with Gasteiger partial charge < -0.3 is 19.8 Å². The smallest absolute Gasteiger partial charge is 0.132 e. The molecule has 0 radical (unpaired) electrons. The molecule has 0 unspecified atom stereocenters. The Hall–Kier alpha value is -1.24. The summed E-state index contributed by atoms with van der Waals surface area (Å²) in [5, 5.41) is 19.8. The summed E-state index contributed by atoms with van der Waals surface area (Å²) < 4.78 is 5.03. The van der Waals surface area contributed by atoms with Crippen molar-refractivity contribution in [3.05, 3.63) is 18.1 Å². The lowest BCUT2D eigenvalue weighted by atomic mass is 9.91. The fraction of sp³-hybridized carbons (Fsp3) is 0.667. The third-order valence-electron chi connectivity index (χ3n) is 3.32. The number of piperidine rings is 1. The SMILES string of the molecule is COCc1cc(N2CC[C@@](C)(O)[C@@H](O)C2)ncn1. The molecular formula is C12H19N3O3. The van der Waals surface area contributed by atoms with E-state index in [0.717, 1.165) is 11.5 Å². The van der Waals surface area contributed by atoms with Gasteiger partial charge in [0.2, 0.25) is 0 Å². The van der Waals surface area contributed by atoms with Crippen LogP contribution in [0.3, 0.4) is 0 Å². The molecule has 2 atom stereocenters. The van der Waals surface area contributed by atoms with Gasteiger partial charge in [0, 0.05) is 26.3 Å². The highest BCUT2D eigenvalue weighted by Crippen LogP contribution is 2.25. The monoisotopic (exact) mass is 253 g/mol. The zero-order valence-electron chi connectivity index (χ0n) is 10.7. The Balaban J connectivity index is 2.10. The number of hydrogen-bond acceptors (Lipinski definition) is 6. The molecule has 1 aliphatic heterocycles. The fourth-order valence-electron chi connectivity index (χ4n) is 2.02. The van der Waals surface area contributed by atoms with Gasteiger partial charge in [0.25, 0.3) is 0 Å². The highest BCUT2D eigenvalue weighted by Gasteiger charge is 2.36. The van der Waals surface area contributed by atoms with E-state index in [1.165, 1.54) is 6.33 Å². The molecule has 1 saturated heterocycles. The van der Waals surface area contributed by atoms with E-state index in [2.05, 4.69) is 9.97 Å². The highest BCUT2D eigenvalue weighted by atomic mass is 16.5. The van der Waals surface area contributed by atoms with Crippen LogP contribution in [0.5, 0.6) is 0 Å². The van der Waals surface area contributed by atoms with Crippen molar-refractivity contribution in [1.82, 2.24) is 9.97 Å². The number of aliphatic hydroxyl groups excluding tert-OH is 1. The largest absolute Gasteiger partial charge is 0.388 e. The molecule has 0 aliphatic carbocycles. The van der Waals surface area contributed by atoms with Crippen LogP contribution in [-0.2, 0) is 11.3 Å². The Morgan fingerprint density at radius 3 is 3.00 bits per heavy atom. The van der Waals surface area contributed by atoms with Crippen LogP contribution in [0, 0.1) is 0 Å². The third-order valence-corrected chi connectivity index (χ3v) is 3.32. The van der Waals surface area contributed by atoms with E-state index >= 15 is 0 Å². The van der Waals surface area contributed by atoms with Crippen LogP contribution in [0.15, 0.2) is 12.4 Å². The predicted octanol–water partition coefficient (Wildman–Crippen LogP) is -0.0550. The molecule has 6 heteroatoms. The number of β-amino-alcohol motifs (C(OH)–C–C–N with tert-alkyl or cyclic N) is 1. The van der Waals surface area contributed by atoms with Crippen molar-refractivity contribution >= 4 is 5.82 Å². The normalized spacial score (nSPS) is 28.4. The van der Waals surface area contributed by atoms with Crippen LogP contribution in [-0.4, -0.2) is 52.1 Å². The molecule has 0 spiro atoms. The molecule has 0 saturated carbocycles. The maximum absolute atomic E-state index is 9.92. The zero-order chi connectivity index (χ0) is 13.2. The molecule has 0 amide bonds. The fourth-order valence-corrected chi connectivity index (χ4v) is 2.02. The Morgan fingerprint density at radius 2 is 2.33 bits per heavy atom. The first kappa shape index (κ1) is 13.2. The molecule has 2 rings (SSSR count). The van der Waals surface area contributed by atoms with E-state index in [9.17, 15) is 10.2 Å². The summed E-state index contributed by atoms with van der Waals surface area (Å²) in [7, 11) is 1.61. The lowest BCUT2D eigenvalue weighted by Crippen LogP contribution is -2.54. The summed E-state index contributed by atoms with van der Waals surface area (Å²) in [6.07, 6.45) is 1.23. The van der Waals surface area contributed by atoms with Gasteiger partial charge in [-0.1, -0.05) is 0 Å². The van der Waals surface area contributed by atoms with Gasteiger partial charge in [-0.05, 0) is 13.3 Å². The maximum Gasteiger partial charge on any atom is 0.132 e. The summed E-state index contributed by atoms with van der Waals surface area (Å²) in [5.41, 5.74) is -0.215. The Labute approximate surface area is 106 Å². The van der Waals surface area contributed by atoms with Gasteiger partial charge in [0.05, 0.1) is 24.0 Å². The van der Waals surface area contributed by atoms with Gasteiger partial charge >= 0.3 is 0 Å². The zero-order valence-corrected chi connectivity index (χ0v) is 10.7. The molecule has 0 aromatic carbocycles. The van der Waals surface area contributed by atoms with Crippen LogP contribution < -0.4 is 4.90 Å². The topological polar surface area (TPSA) is 78.7 Å². The van der Waals surface area contributed by atoms with Crippen molar-refractivity contribution in [2.45, 2.75) is 31.7 Å². The summed E-state index contributed by atoms with van der Waals surface area (Å²) in [6.45, 7) is 3.12. The van der Waals surface area contributed by atoms with Crippen LogP contribution in [0.25, 0.3) is 0 Å². The van der Waals surface area contributed by atoms with E-state index in [1.807, 2.05) is 11.0 Å². The number of ether oxygens (including phenoxy) is 1. The van der Waals surface area contributed by atoms with Crippen molar-refractivity contribution in [3.8, 4) is 0 Å². The summed E-state index contributed by atoms with van der Waals surface area (Å²) in [4.78, 5) is 10.2. The Kier molecular flexibility index (Phi) is 3.79. The number of aromatic nitrogens is 2. The predicted molar refractivity (Wildman–Crippen MR) is 66.2 cm³/mol. The second kappa shape index (κ2) is 5.17. The summed E-state index contributed by atoms with van der Waals surface area (Å²) in [5.74, 6) is 0.756. The molecule has 1 fully saturated rings.